The fourth-order valence-electron chi connectivity index (χ4n) is 3.81. The molecule has 0 radical (unpaired) electrons. The summed E-state index contributed by atoms with van der Waals surface area (Å²) < 4.78 is 5.83. The summed E-state index contributed by atoms with van der Waals surface area (Å²) in [5.41, 5.74) is 5.34. The molecule has 2 saturated heterocycles. The van der Waals surface area contributed by atoms with Crippen LogP contribution in [-0.2, 0) is 16.1 Å². The molecule has 1 aromatic heterocycles. The molecule has 7 nitrogen and oxygen atoms in total. The lowest BCUT2D eigenvalue weighted by Gasteiger charge is -2.36. The Morgan fingerprint density at radius 2 is 2.04 bits per heavy atom. The molecular weight excluding hydrogens is 308 g/mol. The molecule has 3 fully saturated rings. The Bertz CT molecular complexity index is 632. The standard InChI is InChI=1S/C17H24N4O3/c18-17(23)12-7-16(22)21(9-12)13-3-5-20(6-4-13)10-15-19-8-14(24-15)11-1-2-11/h8,11-13H,1-7,9-10H2,(H2,18,23). The van der Waals surface area contributed by atoms with Gasteiger partial charge >= 0.3 is 0 Å². The third-order valence-corrected chi connectivity index (χ3v) is 5.47. The van der Waals surface area contributed by atoms with Crippen molar-refractivity contribution in [3.05, 3.63) is 17.8 Å². The van der Waals surface area contributed by atoms with Crippen molar-refractivity contribution in [1.82, 2.24) is 14.8 Å². The second-order valence-electron chi connectivity index (χ2n) is 7.29. The van der Waals surface area contributed by atoms with Crippen LogP contribution in [0.5, 0.6) is 0 Å². The average molecular weight is 332 g/mol. The smallest absolute Gasteiger partial charge is 0.223 e. The molecule has 2 N–H and O–H groups in total. The van der Waals surface area contributed by atoms with Gasteiger partial charge in [0.15, 0.2) is 0 Å². The second-order valence-corrected chi connectivity index (χ2v) is 7.29. The fourth-order valence-corrected chi connectivity index (χ4v) is 3.81. The van der Waals surface area contributed by atoms with E-state index in [4.69, 9.17) is 10.2 Å². The maximum Gasteiger partial charge on any atom is 0.223 e. The molecule has 4 rings (SSSR count). The molecule has 1 aromatic rings. The quantitative estimate of drug-likeness (QED) is 0.863. The van der Waals surface area contributed by atoms with Gasteiger partial charge in [-0.3, -0.25) is 14.5 Å². The number of carbonyl (C=O) groups excluding carboxylic acids is 2. The van der Waals surface area contributed by atoms with Gasteiger partial charge in [0, 0.05) is 38.0 Å². The Labute approximate surface area is 141 Å². The minimum absolute atomic E-state index is 0.0685. The summed E-state index contributed by atoms with van der Waals surface area (Å²) in [5, 5.41) is 0. The highest BCUT2D eigenvalue weighted by Crippen LogP contribution is 2.40. The third kappa shape index (κ3) is 3.17. The molecule has 0 bridgehead atoms. The molecule has 1 atom stereocenters. The van der Waals surface area contributed by atoms with Crippen molar-refractivity contribution in [1.29, 1.82) is 0 Å². The second kappa shape index (κ2) is 6.20. The highest BCUT2D eigenvalue weighted by molar-refractivity contribution is 5.88. The fraction of sp³-hybridized carbons (Fsp3) is 0.706. The van der Waals surface area contributed by atoms with E-state index in [9.17, 15) is 9.59 Å². The van der Waals surface area contributed by atoms with Gasteiger partial charge in [0.2, 0.25) is 17.7 Å². The van der Waals surface area contributed by atoms with E-state index in [1.807, 2.05) is 11.1 Å². The number of rotatable bonds is 5. The molecule has 7 heteroatoms. The zero-order valence-electron chi connectivity index (χ0n) is 13.8. The van der Waals surface area contributed by atoms with E-state index in [0.717, 1.165) is 44.1 Å². The Kier molecular flexibility index (Phi) is 4.04. The Morgan fingerprint density at radius 1 is 1.29 bits per heavy atom. The maximum absolute atomic E-state index is 12.1. The molecule has 2 aliphatic heterocycles. The summed E-state index contributed by atoms with van der Waals surface area (Å²) in [6, 6.07) is 0.227. The number of primary amides is 1. The van der Waals surface area contributed by atoms with Crippen LogP contribution in [0, 0.1) is 5.92 Å². The van der Waals surface area contributed by atoms with Crippen molar-refractivity contribution in [3.63, 3.8) is 0 Å². The van der Waals surface area contributed by atoms with Gasteiger partial charge in [0.05, 0.1) is 18.7 Å². The van der Waals surface area contributed by atoms with Crippen molar-refractivity contribution in [2.24, 2.45) is 11.7 Å². The topological polar surface area (TPSA) is 92.7 Å². The Hall–Kier alpha value is -1.89. The van der Waals surface area contributed by atoms with Gasteiger partial charge in [-0.2, -0.15) is 0 Å². The molecular formula is C17H24N4O3. The summed E-state index contributed by atoms with van der Waals surface area (Å²) in [4.78, 5) is 32.0. The number of carbonyl (C=O) groups is 2. The lowest BCUT2D eigenvalue weighted by atomic mass is 10.0. The van der Waals surface area contributed by atoms with Crippen molar-refractivity contribution in [2.45, 2.75) is 50.6 Å². The number of piperidine rings is 1. The van der Waals surface area contributed by atoms with E-state index >= 15 is 0 Å². The van der Waals surface area contributed by atoms with Crippen molar-refractivity contribution in [2.75, 3.05) is 19.6 Å². The Balaban J connectivity index is 1.28. The van der Waals surface area contributed by atoms with Crippen LogP contribution in [0.25, 0.3) is 0 Å². The van der Waals surface area contributed by atoms with Gasteiger partial charge in [0.1, 0.15) is 5.76 Å². The number of hydrogen-bond acceptors (Lipinski definition) is 5. The number of nitrogens with two attached hydrogens (primary N) is 1. The molecule has 3 aliphatic rings. The average Bonchev–Trinajstić information content (AvgIpc) is 3.19. The van der Waals surface area contributed by atoms with Crippen LogP contribution in [0.1, 0.15) is 49.7 Å². The van der Waals surface area contributed by atoms with Crippen molar-refractivity contribution < 1.29 is 14.0 Å². The van der Waals surface area contributed by atoms with Crippen LogP contribution in [-0.4, -0.2) is 52.3 Å². The summed E-state index contributed by atoms with van der Waals surface area (Å²) >= 11 is 0. The number of oxazole rings is 1. The largest absolute Gasteiger partial charge is 0.444 e. The first kappa shape index (κ1) is 15.6. The van der Waals surface area contributed by atoms with Crippen LogP contribution in [0.2, 0.25) is 0 Å². The van der Waals surface area contributed by atoms with Gasteiger partial charge < -0.3 is 15.1 Å². The number of aromatic nitrogens is 1. The predicted molar refractivity (Wildman–Crippen MR) is 85.8 cm³/mol. The highest BCUT2D eigenvalue weighted by atomic mass is 16.4. The molecule has 2 amide bonds. The number of hydrogen-bond donors (Lipinski definition) is 1. The monoisotopic (exact) mass is 332 g/mol. The molecule has 130 valence electrons. The number of nitrogens with zero attached hydrogens (tertiary/aromatic N) is 3. The van der Waals surface area contributed by atoms with Crippen molar-refractivity contribution in [3.8, 4) is 0 Å². The van der Waals surface area contributed by atoms with E-state index < -0.39 is 0 Å². The van der Waals surface area contributed by atoms with E-state index in [1.165, 1.54) is 12.8 Å². The maximum atomic E-state index is 12.1. The van der Waals surface area contributed by atoms with E-state index in [1.54, 1.807) is 0 Å². The molecule has 0 spiro atoms. The zero-order valence-corrected chi connectivity index (χ0v) is 13.8. The van der Waals surface area contributed by atoms with Gasteiger partial charge in [0.25, 0.3) is 0 Å². The number of amides is 2. The Morgan fingerprint density at radius 3 is 2.67 bits per heavy atom. The van der Waals surface area contributed by atoms with Crippen molar-refractivity contribution >= 4 is 11.8 Å². The summed E-state index contributed by atoms with van der Waals surface area (Å²) in [5.74, 6) is 1.80. The summed E-state index contributed by atoms with van der Waals surface area (Å²) in [7, 11) is 0. The SMILES string of the molecule is NC(=O)C1CC(=O)N(C2CCN(Cc3ncc(C4CC4)o3)CC2)C1. The minimum atomic E-state index is -0.362. The van der Waals surface area contributed by atoms with Crippen LogP contribution in [0.4, 0.5) is 0 Å². The minimum Gasteiger partial charge on any atom is -0.444 e. The van der Waals surface area contributed by atoms with Gasteiger partial charge in [-0.15, -0.1) is 0 Å². The van der Waals surface area contributed by atoms with Gasteiger partial charge in [-0.1, -0.05) is 0 Å². The number of likely N-dealkylation sites (tertiary alicyclic amines) is 2. The first-order valence-corrected chi connectivity index (χ1v) is 8.86. The summed E-state index contributed by atoms with van der Waals surface area (Å²) in [6.45, 7) is 3.05. The van der Waals surface area contributed by atoms with E-state index in [0.29, 0.717) is 12.5 Å². The van der Waals surface area contributed by atoms with Gasteiger partial charge in [-0.05, 0) is 25.7 Å². The molecule has 1 saturated carbocycles. The molecule has 1 unspecified atom stereocenters. The predicted octanol–water partition coefficient (Wildman–Crippen LogP) is 0.850. The van der Waals surface area contributed by atoms with E-state index in [-0.39, 0.29) is 30.2 Å². The lowest BCUT2D eigenvalue weighted by Crippen LogP contribution is -2.45. The van der Waals surface area contributed by atoms with Gasteiger partial charge in [-0.25, -0.2) is 4.98 Å². The molecule has 0 aromatic carbocycles. The van der Waals surface area contributed by atoms with Crippen LogP contribution >= 0.6 is 0 Å². The lowest BCUT2D eigenvalue weighted by molar-refractivity contribution is -0.130. The van der Waals surface area contributed by atoms with Crippen LogP contribution < -0.4 is 5.73 Å². The van der Waals surface area contributed by atoms with E-state index in [2.05, 4.69) is 9.88 Å². The molecule has 24 heavy (non-hydrogen) atoms. The zero-order chi connectivity index (χ0) is 16.7. The summed E-state index contributed by atoms with van der Waals surface area (Å²) in [6.07, 6.45) is 6.43. The van der Waals surface area contributed by atoms with Crippen LogP contribution in [0.15, 0.2) is 10.6 Å². The van der Waals surface area contributed by atoms with Crippen LogP contribution in [0.3, 0.4) is 0 Å². The highest BCUT2D eigenvalue weighted by Gasteiger charge is 2.38. The third-order valence-electron chi connectivity index (χ3n) is 5.47. The first-order valence-electron chi connectivity index (χ1n) is 8.86. The first-order chi connectivity index (χ1) is 11.6. The molecule has 1 aliphatic carbocycles. The molecule has 3 heterocycles. The normalized spacial score (nSPS) is 26.2.